The number of hydrogen-bond donors (Lipinski definition) is 0. The van der Waals surface area contributed by atoms with Crippen molar-refractivity contribution in [2.45, 2.75) is 0 Å². The Morgan fingerprint density at radius 2 is 1.90 bits per heavy atom. The van der Waals surface area contributed by atoms with Crippen LogP contribution in [0.15, 0.2) is 43.0 Å². The number of nitrogens with zero attached hydrogens (tertiary/aromatic N) is 7. The second-order valence-electron chi connectivity index (χ2n) is 3.94. The van der Waals surface area contributed by atoms with Gasteiger partial charge in [0.1, 0.15) is 12.7 Å². The third-order valence-electron chi connectivity index (χ3n) is 2.65. The largest absolute Gasteiger partial charge is 0.313 e. The van der Waals surface area contributed by atoms with Gasteiger partial charge >= 0.3 is 0 Å². The van der Waals surface area contributed by atoms with Gasteiger partial charge in [-0.15, -0.1) is 0 Å². The molecule has 0 atom stereocenters. The first-order chi connectivity index (χ1) is 9.74. The lowest BCUT2D eigenvalue weighted by Gasteiger charge is -2.17. The van der Waals surface area contributed by atoms with Gasteiger partial charge in [-0.2, -0.15) is 24.7 Å². The van der Waals surface area contributed by atoms with Gasteiger partial charge in [0.2, 0.25) is 11.2 Å². The van der Waals surface area contributed by atoms with Crippen molar-refractivity contribution in [3.63, 3.8) is 0 Å². The molecule has 0 saturated carbocycles. The molecule has 3 aromatic rings. The molecule has 0 aliphatic rings. The molecule has 0 saturated heterocycles. The van der Waals surface area contributed by atoms with Gasteiger partial charge < -0.3 is 4.90 Å². The SMILES string of the molecule is CN(c1ccccc1)c1nc(Cl)nc(-n2cncn2)n1. The highest BCUT2D eigenvalue weighted by Gasteiger charge is 2.12. The summed E-state index contributed by atoms with van der Waals surface area (Å²) in [5.74, 6) is 0.752. The van der Waals surface area contributed by atoms with Crippen LogP contribution in [0.4, 0.5) is 11.6 Å². The minimum atomic E-state index is 0.100. The Morgan fingerprint density at radius 3 is 2.60 bits per heavy atom. The van der Waals surface area contributed by atoms with Gasteiger partial charge in [0.15, 0.2) is 0 Å². The van der Waals surface area contributed by atoms with Gasteiger partial charge in [-0.3, -0.25) is 0 Å². The molecule has 1 aromatic carbocycles. The number of hydrogen-bond acceptors (Lipinski definition) is 6. The lowest BCUT2D eigenvalue weighted by atomic mass is 10.3. The summed E-state index contributed by atoms with van der Waals surface area (Å²) in [6.45, 7) is 0. The normalized spacial score (nSPS) is 10.5. The van der Waals surface area contributed by atoms with Crippen LogP contribution in [-0.2, 0) is 0 Å². The topological polar surface area (TPSA) is 72.6 Å². The second kappa shape index (κ2) is 5.22. The van der Waals surface area contributed by atoms with Gasteiger partial charge in [-0.25, -0.2) is 4.98 Å². The summed E-state index contributed by atoms with van der Waals surface area (Å²) in [6, 6.07) is 9.72. The minimum Gasteiger partial charge on any atom is -0.313 e. The number of aromatic nitrogens is 6. The van der Waals surface area contributed by atoms with E-state index >= 15 is 0 Å². The summed E-state index contributed by atoms with van der Waals surface area (Å²) in [6.07, 6.45) is 2.90. The molecule has 0 unspecified atom stereocenters. The fraction of sp³-hybridized carbons (Fsp3) is 0.0833. The third kappa shape index (κ3) is 2.43. The number of rotatable bonds is 3. The van der Waals surface area contributed by atoms with Gasteiger partial charge in [-0.1, -0.05) is 18.2 Å². The smallest absolute Gasteiger partial charge is 0.258 e. The van der Waals surface area contributed by atoms with Crippen molar-refractivity contribution in [3.05, 3.63) is 48.3 Å². The maximum absolute atomic E-state index is 5.95. The first-order valence-electron chi connectivity index (χ1n) is 5.79. The molecular formula is C12H10ClN7. The van der Waals surface area contributed by atoms with E-state index in [1.807, 2.05) is 42.3 Å². The van der Waals surface area contributed by atoms with Crippen LogP contribution in [0.2, 0.25) is 5.28 Å². The van der Waals surface area contributed by atoms with Gasteiger partial charge in [0.05, 0.1) is 0 Å². The van der Waals surface area contributed by atoms with Crippen LogP contribution < -0.4 is 4.90 Å². The zero-order chi connectivity index (χ0) is 13.9. The quantitative estimate of drug-likeness (QED) is 0.732. The summed E-state index contributed by atoms with van der Waals surface area (Å²) in [7, 11) is 1.85. The maximum Gasteiger partial charge on any atom is 0.258 e. The highest BCUT2D eigenvalue weighted by molar-refractivity contribution is 6.28. The molecule has 0 aliphatic carbocycles. The molecule has 0 amide bonds. The fourth-order valence-electron chi connectivity index (χ4n) is 1.66. The Bertz CT molecular complexity index is 699. The van der Waals surface area contributed by atoms with Crippen molar-refractivity contribution >= 4 is 23.2 Å². The Labute approximate surface area is 119 Å². The van der Waals surface area contributed by atoms with E-state index in [0.29, 0.717) is 11.9 Å². The molecule has 0 spiro atoms. The Balaban J connectivity index is 2.02. The minimum absolute atomic E-state index is 0.100. The second-order valence-corrected chi connectivity index (χ2v) is 4.28. The monoisotopic (exact) mass is 287 g/mol. The Morgan fingerprint density at radius 1 is 1.10 bits per heavy atom. The zero-order valence-corrected chi connectivity index (χ0v) is 11.3. The fourth-order valence-corrected chi connectivity index (χ4v) is 1.81. The number of halogens is 1. The molecule has 0 fully saturated rings. The molecule has 0 bridgehead atoms. The van der Waals surface area contributed by atoms with Crippen LogP contribution in [-0.4, -0.2) is 36.8 Å². The Kier molecular flexibility index (Phi) is 3.26. The molecule has 7 nitrogen and oxygen atoms in total. The van der Waals surface area contributed by atoms with E-state index in [1.165, 1.54) is 17.3 Å². The van der Waals surface area contributed by atoms with Crippen molar-refractivity contribution in [2.24, 2.45) is 0 Å². The van der Waals surface area contributed by atoms with E-state index in [4.69, 9.17) is 11.6 Å². The number of benzene rings is 1. The molecule has 8 heteroatoms. The predicted octanol–water partition coefficient (Wildman–Crippen LogP) is 1.87. The summed E-state index contributed by atoms with van der Waals surface area (Å²) in [4.78, 5) is 18.2. The molecule has 20 heavy (non-hydrogen) atoms. The lowest BCUT2D eigenvalue weighted by Crippen LogP contribution is -2.15. The van der Waals surface area contributed by atoms with Gasteiger partial charge in [0, 0.05) is 12.7 Å². The number of anilines is 2. The third-order valence-corrected chi connectivity index (χ3v) is 2.82. The van der Waals surface area contributed by atoms with Crippen LogP contribution in [0, 0.1) is 0 Å². The van der Waals surface area contributed by atoms with Crippen LogP contribution >= 0.6 is 11.6 Å². The van der Waals surface area contributed by atoms with Crippen LogP contribution in [0.3, 0.4) is 0 Å². The first-order valence-corrected chi connectivity index (χ1v) is 6.17. The summed E-state index contributed by atoms with van der Waals surface area (Å²) in [5.41, 5.74) is 0.944. The van der Waals surface area contributed by atoms with Crippen LogP contribution in [0.1, 0.15) is 0 Å². The molecule has 2 aromatic heterocycles. The molecular weight excluding hydrogens is 278 g/mol. The highest BCUT2D eigenvalue weighted by Crippen LogP contribution is 2.20. The molecule has 2 heterocycles. The average Bonchev–Trinajstić information content (AvgIpc) is 3.01. The van der Waals surface area contributed by atoms with E-state index < -0.39 is 0 Å². The Hall–Kier alpha value is -2.54. The highest BCUT2D eigenvalue weighted by atomic mass is 35.5. The molecule has 0 aliphatic heterocycles. The predicted molar refractivity (Wildman–Crippen MR) is 74.3 cm³/mol. The molecule has 0 N–H and O–H groups in total. The zero-order valence-electron chi connectivity index (χ0n) is 10.5. The van der Waals surface area contributed by atoms with Crippen LogP contribution in [0.5, 0.6) is 0 Å². The summed E-state index contributed by atoms with van der Waals surface area (Å²) < 4.78 is 1.43. The molecule has 100 valence electrons. The molecule has 3 rings (SSSR count). The van der Waals surface area contributed by atoms with Crippen LogP contribution in [0.25, 0.3) is 5.95 Å². The van der Waals surface area contributed by atoms with E-state index in [2.05, 4.69) is 25.0 Å². The van der Waals surface area contributed by atoms with E-state index in [1.54, 1.807) is 0 Å². The summed E-state index contributed by atoms with van der Waals surface area (Å²) >= 11 is 5.95. The molecule has 0 radical (unpaired) electrons. The van der Waals surface area contributed by atoms with Crippen molar-refractivity contribution in [1.82, 2.24) is 29.7 Å². The van der Waals surface area contributed by atoms with Gasteiger partial charge in [0.25, 0.3) is 5.95 Å². The first kappa shape index (κ1) is 12.5. The van der Waals surface area contributed by atoms with Crippen molar-refractivity contribution in [3.8, 4) is 5.95 Å². The van der Waals surface area contributed by atoms with E-state index in [-0.39, 0.29) is 5.28 Å². The maximum atomic E-state index is 5.95. The standard InChI is InChI=1S/C12H10ClN7/c1-19(9-5-3-2-4-6-9)11-16-10(13)17-12(18-11)20-8-14-7-15-20/h2-8H,1H3. The van der Waals surface area contributed by atoms with Crippen molar-refractivity contribution in [2.75, 3.05) is 11.9 Å². The number of para-hydroxylation sites is 1. The summed E-state index contributed by atoms with van der Waals surface area (Å²) in [5, 5.41) is 4.08. The van der Waals surface area contributed by atoms with E-state index in [0.717, 1.165) is 5.69 Å². The lowest BCUT2D eigenvalue weighted by molar-refractivity contribution is 0.789. The van der Waals surface area contributed by atoms with E-state index in [9.17, 15) is 0 Å². The van der Waals surface area contributed by atoms with Crippen molar-refractivity contribution < 1.29 is 0 Å². The van der Waals surface area contributed by atoms with Gasteiger partial charge in [-0.05, 0) is 23.7 Å². The average molecular weight is 288 g/mol. The van der Waals surface area contributed by atoms with Crippen molar-refractivity contribution in [1.29, 1.82) is 0 Å².